The molecule has 2 amide bonds. The fourth-order valence-corrected chi connectivity index (χ4v) is 1.37. The molecule has 118 valence electrons. The van der Waals surface area contributed by atoms with Crippen LogP contribution in [0.1, 0.15) is 19.3 Å². The average molecular weight is 300 g/mol. The van der Waals surface area contributed by atoms with Crippen LogP contribution in [0.25, 0.3) is 0 Å². The first-order valence-electron chi connectivity index (χ1n) is 6.06. The van der Waals surface area contributed by atoms with Crippen molar-refractivity contribution in [2.75, 3.05) is 33.4 Å². The maximum Gasteiger partial charge on any atom is 0.389 e. The Balaban J connectivity index is 3.97. The van der Waals surface area contributed by atoms with Gasteiger partial charge in [0.05, 0.1) is 6.61 Å². The summed E-state index contributed by atoms with van der Waals surface area (Å²) in [5.74, 6) is -1.17. The van der Waals surface area contributed by atoms with Crippen LogP contribution in [0.4, 0.5) is 18.0 Å². The van der Waals surface area contributed by atoms with E-state index < -0.39 is 31.1 Å². The van der Waals surface area contributed by atoms with Crippen molar-refractivity contribution in [1.82, 2.24) is 10.2 Å². The van der Waals surface area contributed by atoms with E-state index in [4.69, 9.17) is 9.84 Å². The fourth-order valence-electron chi connectivity index (χ4n) is 1.37. The number of nitrogens with zero attached hydrogens (tertiary/aromatic N) is 1. The van der Waals surface area contributed by atoms with Crippen LogP contribution in [0, 0.1) is 0 Å². The number of methoxy groups -OCH3 is 1. The van der Waals surface area contributed by atoms with E-state index in [2.05, 4.69) is 5.32 Å². The highest BCUT2D eigenvalue weighted by Crippen LogP contribution is 2.21. The van der Waals surface area contributed by atoms with Crippen molar-refractivity contribution >= 4 is 12.0 Å². The quantitative estimate of drug-likeness (QED) is 0.632. The summed E-state index contributed by atoms with van der Waals surface area (Å²) in [6.45, 7) is -0.151. The summed E-state index contributed by atoms with van der Waals surface area (Å²) < 4.78 is 40.4. The highest BCUT2D eigenvalue weighted by molar-refractivity contribution is 5.80. The number of hydrogen-bond acceptors (Lipinski definition) is 3. The van der Waals surface area contributed by atoms with Crippen molar-refractivity contribution in [3.63, 3.8) is 0 Å². The summed E-state index contributed by atoms with van der Waals surface area (Å²) in [5.41, 5.74) is 0. The van der Waals surface area contributed by atoms with Crippen LogP contribution < -0.4 is 5.32 Å². The lowest BCUT2D eigenvalue weighted by atomic mass is 10.2. The maximum absolute atomic E-state index is 11.9. The molecular formula is C11H19F3N2O4. The predicted molar refractivity (Wildman–Crippen MR) is 64.4 cm³/mol. The number of halogens is 3. The number of nitrogens with one attached hydrogen (secondary N) is 1. The Morgan fingerprint density at radius 1 is 1.30 bits per heavy atom. The molecule has 0 aliphatic heterocycles. The Morgan fingerprint density at radius 2 is 1.95 bits per heavy atom. The third kappa shape index (κ3) is 10.4. The largest absolute Gasteiger partial charge is 0.480 e. The molecule has 2 N–H and O–H groups in total. The summed E-state index contributed by atoms with van der Waals surface area (Å²) in [6.07, 6.45) is -5.00. The van der Waals surface area contributed by atoms with Gasteiger partial charge in [-0.1, -0.05) is 0 Å². The van der Waals surface area contributed by atoms with Crippen LogP contribution >= 0.6 is 0 Å². The van der Waals surface area contributed by atoms with Gasteiger partial charge < -0.3 is 20.1 Å². The van der Waals surface area contributed by atoms with Crippen molar-refractivity contribution in [1.29, 1.82) is 0 Å². The van der Waals surface area contributed by atoms with Crippen molar-refractivity contribution < 1.29 is 32.6 Å². The van der Waals surface area contributed by atoms with E-state index >= 15 is 0 Å². The number of hydrogen-bond donors (Lipinski definition) is 2. The van der Waals surface area contributed by atoms with E-state index in [1.54, 1.807) is 0 Å². The molecule has 0 bridgehead atoms. The Morgan fingerprint density at radius 3 is 2.45 bits per heavy atom. The van der Waals surface area contributed by atoms with Gasteiger partial charge in [-0.05, 0) is 12.8 Å². The lowest BCUT2D eigenvalue weighted by Gasteiger charge is -2.20. The number of rotatable bonds is 9. The molecule has 0 atom stereocenters. The van der Waals surface area contributed by atoms with Crippen LogP contribution in [-0.2, 0) is 9.53 Å². The molecular weight excluding hydrogens is 281 g/mol. The lowest BCUT2D eigenvalue weighted by Crippen LogP contribution is -2.44. The normalized spacial score (nSPS) is 11.2. The topological polar surface area (TPSA) is 78.9 Å². The monoisotopic (exact) mass is 300 g/mol. The van der Waals surface area contributed by atoms with Gasteiger partial charge in [0.25, 0.3) is 0 Å². The van der Waals surface area contributed by atoms with Crippen molar-refractivity contribution in [2.24, 2.45) is 0 Å². The molecule has 0 heterocycles. The standard InChI is InChI=1S/C11H19F3N2O4/c1-20-7-6-16(8-9(17)18)10(19)15-5-3-2-4-11(12,13)14/h2-8H2,1H3,(H,15,19)(H,17,18). The Bertz CT molecular complexity index is 311. The minimum atomic E-state index is -4.20. The molecule has 0 unspecified atom stereocenters. The zero-order valence-corrected chi connectivity index (χ0v) is 11.2. The van der Waals surface area contributed by atoms with Crippen molar-refractivity contribution in [3.8, 4) is 0 Å². The molecule has 0 aromatic heterocycles. The number of amides is 2. The van der Waals surface area contributed by atoms with Gasteiger partial charge >= 0.3 is 18.2 Å². The van der Waals surface area contributed by atoms with E-state index in [1.165, 1.54) is 7.11 Å². The molecule has 0 rings (SSSR count). The first-order valence-corrected chi connectivity index (χ1v) is 6.06. The second-order valence-electron chi connectivity index (χ2n) is 4.11. The molecule has 0 aliphatic carbocycles. The minimum Gasteiger partial charge on any atom is -0.480 e. The van der Waals surface area contributed by atoms with Gasteiger partial charge in [-0.15, -0.1) is 0 Å². The zero-order chi connectivity index (χ0) is 15.6. The number of carbonyl (C=O) groups excluding carboxylic acids is 1. The van der Waals surface area contributed by atoms with Gasteiger partial charge in [0, 0.05) is 26.6 Å². The maximum atomic E-state index is 11.9. The number of carbonyl (C=O) groups is 2. The molecule has 0 saturated heterocycles. The first kappa shape index (κ1) is 18.5. The number of carboxylic acids is 1. The number of unbranched alkanes of at least 4 members (excludes halogenated alkanes) is 1. The predicted octanol–water partition coefficient (Wildman–Crippen LogP) is 1.46. The zero-order valence-electron chi connectivity index (χ0n) is 11.2. The highest BCUT2D eigenvalue weighted by atomic mass is 19.4. The molecule has 0 radical (unpaired) electrons. The molecule has 20 heavy (non-hydrogen) atoms. The van der Waals surface area contributed by atoms with Crippen molar-refractivity contribution in [2.45, 2.75) is 25.4 Å². The number of carboxylic acid groups (broad SMARTS) is 1. The van der Waals surface area contributed by atoms with Gasteiger partial charge in [-0.25, -0.2) is 4.79 Å². The molecule has 9 heteroatoms. The second-order valence-corrected chi connectivity index (χ2v) is 4.11. The van der Waals surface area contributed by atoms with E-state index in [1.807, 2.05) is 0 Å². The number of alkyl halides is 3. The Kier molecular flexibility index (Phi) is 8.69. The Labute approximate surface area is 114 Å². The highest BCUT2D eigenvalue weighted by Gasteiger charge is 2.25. The molecule has 0 saturated carbocycles. The summed E-state index contributed by atoms with van der Waals surface area (Å²) in [6, 6.07) is -0.628. The van der Waals surface area contributed by atoms with E-state index in [-0.39, 0.29) is 32.5 Å². The van der Waals surface area contributed by atoms with Crippen LogP contribution in [0.15, 0.2) is 0 Å². The summed E-state index contributed by atoms with van der Waals surface area (Å²) in [5, 5.41) is 11.0. The van der Waals surface area contributed by atoms with E-state index in [9.17, 15) is 22.8 Å². The molecule has 0 aliphatic rings. The van der Waals surface area contributed by atoms with Crippen LogP contribution in [0.3, 0.4) is 0 Å². The molecule has 6 nitrogen and oxygen atoms in total. The molecule has 0 aromatic carbocycles. The molecule has 0 aromatic rings. The minimum absolute atomic E-state index is 0.0675. The number of aliphatic carboxylic acids is 1. The van der Waals surface area contributed by atoms with Gasteiger partial charge in [0.15, 0.2) is 0 Å². The fraction of sp³-hybridized carbons (Fsp3) is 0.818. The van der Waals surface area contributed by atoms with E-state index in [0.29, 0.717) is 0 Å². The molecule has 0 fully saturated rings. The second kappa shape index (κ2) is 9.40. The number of urea groups is 1. The number of ether oxygens (including phenoxy) is 1. The summed E-state index contributed by atoms with van der Waals surface area (Å²) in [7, 11) is 1.41. The van der Waals surface area contributed by atoms with Crippen LogP contribution in [0.5, 0.6) is 0 Å². The summed E-state index contributed by atoms with van der Waals surface area (Å²) >= 11 is 0. The van der Waals surface area contributed by atoms with E-state index in [0.717, 1.165) is 4.90 Å². The first-order chi connectivity index (χ1) is 9.26. The smallest absolute Gasteiger partial charge is 0.389 e. The third-order valence-corrected chi connectivity index (χ3v) is 2.34. The van der Waals surface area contributed by atoms with Gasteiger partial charge in [0.1, 0.15) is 6.54 Å². The van der Waals surface area contributed by atoms with Crippen molar-refractivity contribution in [3.05, 3.63) is 0 Å². The SMILES string of the molecule is COCCN(CC(=O)O)C(=O)NCCCCC(F)(F)F. The average Bonchev–Trinajstić information content (AvgIpc) is 2.31. The van der Waals surface area contributed by atoms with Crippen LogP contribution in [-0.4, -0.2) is 61.5 Å². The van der Waals surface area contributed by atoms with Gasteiger partial charge in [-0.2, -0.15) is 13.2 Å². The van der Waals surface area contributed by atoms with Crippen LogP contribution in [0.2, 0.25) is 0 Å². The van der Waals surface area contributed by atoms with Gasteiger partial charge in [0.2, 0.25) is 0 Å². The Hall–Kier alpha value is -1.51. The molecule has 0 spiro atoms. The lowest BCUT2D eigenvalue weighted by molar-refractivity contribution is -0.138. The summed E-state index contributed by atoms with van der Waals surface area (Å²) in [4.78, 5) is 23.2. The third-order valence-electron chi connectivity index (χ3n) is 2.34. The van der Waals surface area contributed by atoms with Gasteiger partial charge in [-0.3, -0.25) is 4.79 Å².